The Bertz CT molecular complexity index is 954. The molecular formula is C20H25N7O. The minimum absolute atomic E-state index is 0.234. The molecule has 1 aromatic carbocycles. The van der Waals surface area contributed by atoms with Crippen LogP contribution in [-0.4, -0.2) is 50.0 Å². The number of nitrogens with zero attached hydrogens (tertiary/aromatic N) is 5. The van der Waals surface area contributed by atoms with E-state index in [-0.39, 0.29) is 5.91 Å². The fourth-order valence-electron chi connectivity index (χ4n) is 3.42. The minimum atomic E-state index is 0.234. The summed E-state index contributed by atoms with van der Waals surface area (Å²) in [6, 6.07) is 10.2. The Balaban J connectivity index is 1.57. The van der Waals surface area contributed by atoms with E-state index < -0.39 is 0 Å². The van der Waals surface area contributed by atoms with Gasteiger partial charge in [0.15, 0.2) is 17.0 Å². The number of amides is 1. The summed E-state index contributed by atoms with van der Waals surface area (Å²) in [5, 5.41) is 6.58. The molecule has 2 N–H and O–H groups in total. The number of imidazole rings is 1. The number of hydrogen-bond donors (Lipinski definition) is 2. The molecule has 1 aliphatic heterocycles. The maximum absolute atomic E-state index is 11.9. The van der Waals surface area contributed by atoms with E-state index in [9.17, 15) is 4.79 Å². The highest BCUT2D eigenvalue weighted by molar-refractivity contribution is 5.84. The molecule has 0 radical (unpaired) electrons. The van der Waals surface area contributed by atoms with E-state index in [1.807, 2.05) is 34.6 Å². The van der Waals surface area contributed by atoms with Gasteiger partial charge in [0.05, 0.1) is 6.33 Å². The molecule has 1 saturated heterocycles. The quantitative estimate of drug-likeness (QED) is 0.625. The number of fused-ring (bicyclic) bond motifs is 1. The van der Waals surface area contributed by atoms with Crippen molar-refractivity contribution in [1.82, 2.24) is 24.4 Å². The van der Waals surface area contributed by atoms with Crippen LogP contribution in [0.4, 0.5) is 11.8 Å². The van der Waals surface area contributed by atoms with Gasteiger partial charge >= 0.3 is 0 Å². The third-order valence-corrected chi connectivity index (χ3v) is 4.88. The lowest BCUT2D eigenvalue weighted by Gasteiger charge is -2.16. The lowest BCUT2D eigenvalue weighted by molar-refractivity contribution is -0.127. The summed E-state index contributed by atoms with van der Waals surface area (Å²) in [5.74, 6) is 1.52. The number of carbonyl (C=O) groups excluding carboxylic acids is 1. The van der Waals surface area contributed by atoms with Crippen LogP contribution in [0.2, 0.25) is 0 Å². The number of rotatable bonds is 8. The fourth-order valence-corrected chi connectivity index (χ4v) is 3.42. The van der Waals surface area contributed by atoms with Gasteiger partial charge in [0.25, 0.3) is 0 Å². The Morgan fingerprint density at radius 1 is 1.11 bits per heavy atom. The van der Waals surface area contributed by atoms with E-state index in [4.69, 9.17) is 0 Å². The molecule has 3 heterocycles. The first-order chi connectivity index (χ1) is 13.7. The van der Waals surface area contributed by atoms with Crippen LogP contribution in [0, 0.1) is 0 Å². The predicted octanol–water partition coefficient (Wildman–Crippen LogP) is 2.49. The summed E-state index contributed by atoms with van der Waals surface area (Å²) in [6.07, 6.45) is 3.39. The van der Waals surface area contributed by atoms with Crippen LogP contribution in [0.25, 0.3) is 11.2 Å². The van der Waals surface area contributed by atoms with E-state index in [1.54, 1.807) is 6.33 Å². The second-order valence-corrected chi connectivity index (χ2v) is 6.86. The van der Waals surface area contributed by atoms with Gasteiger partial charge in [0.1, 0.15) is 0 Å². The largest absolute Gasteiger partial charge is 0.364 e. The molecule has 0 spiro atoms. The fraction of sp³-hybridized carbons (Fsp3) is 0.400. The molecule has 28 heavy (non-hydrogen) atoms. The number of anilines is 2. The van der Waals surface area contributed by atoms with E-state index >= 15 is 0 Å². The Morgan fingerprint density at radius 2 is 1.96 bits per heavy atom. The molecule has 0 saturated carbocycles. The Labute approximate surface area is 164 Å². The smallest absolute Gasteiger partial charge is 0.226 e. The van der Waals surface area contributed by atoms with Gasteiger partial charge in [-0.05, 0) is 18.9 Å². The predicted molar refractivity (Wildman–Crippen MR) is 109 cm³/mol. The first kappa shape index (κ1) is 18.2. The van der Waals surface area contributed by atoms with Gasteiger partial charge in [-0.2, -0.15) is 9.97 Å². The average Bonchev–Trinajstić information content (AvgIpc) is 3.31. The highest BCUT2D eigenvalue weighted by Crippen LogP contribution is 2.22. The molecule has 8 nitrogen and oxygen atoms in total. The van der Waals surface area contributed by atoms with Crippen molar-refractivity contribution in [2.24, 2.45) is 0 Å². The van der Waals surface area contributed by atoms with E-state index in [2.05, 4.69) is 37.7 Å². The van der Waals surface area contributed by atoms with Gasteiger partial charge in [-0.1, -0.05) is 30.3 Å². The van der Waals surface area contributed by atoms with Gasteiger partial charge in [-0.25, -0.2) is 4.98 Å². The molecule has 1 aliphatic rings. The molecular weight excluding hydrogens is 354 g/mol. The lowest BCUT2D eigenvalue weighted by atomic mass is 10.2. The zero-order chi connectivity index (χ0) is 19.3. The third kappa shape index (κ3) is 3.90. The van der Waals surface area contributed by atoms with Crippen LogP contribution in [-0.2, 0) is 17.9 Å². The summed E-state index contributed by atoms with van der Waals surface area (Å²) >= 11 is 0. The van der Waals surface area contributed by atoms with Crippen LogP contribution < -0.4 is 10.6 Å². The summed E-state index contributed by atoms with van der Waals surface area (Å²) in [7, 11) is 0. The molecule has 0 bridgehead atoms. The summed E-state index contributed by atoms with van der Waals surface area (Å²) in [5.41, 5.74) is 2.68. The summed E-state index contributed by atoms with van der Waals surface area (Å²) in [4.78, 5) is 27.6. The molecule has 4 rings (SSSR count). The number of carbonyl (C=O) groups is 1. The monoisotopic (exact) mass is 379 g/mol. The summed E-state index contributed by atoms with van der Waals surface area (Å²) < 4.78 is 2.00. The molecule has 3 aromatic rings. The van der Waals surface area contributed by atoms with Crippen molar-refractivity contribution in [2.75, 3.05) is 30.3 Å². The standard InChI is InChI=1S/C20H25N7O/c1-2-21-20-24-18(22-13-15-7-4-3-5-8-15)17-19(25-20)27(14-23-17)12-11-26-10-6-9-16(26)28/h3-5,7-8,14H,2,6,9-13H2,1H3,(H2,21,22,24,25). The molecule has 0 atom stereocenters. The second-order valence-electron chi connectivity index (χ2n) is 6.86. The molecule has 8 heteroatoms. The Hall–Kier alpha value is -3.16. The van der Waals surface area contributed by atoms with E-state index in [1.165, 1.54) is 5.56 Å². The summed E-state index contributed by atoms with van der Waals surface area (Å²) in [6.45, 7) is 5.60. The van der Waals surface area contributed by atoms with Crippen molar-refractivity contribution in [3.8, 4) is 0 Å². The number of likely N-dealkylation sites (tertiary alicyclic amines) is 1. The maximum Gasteiger partial charge on any atom is 0.226 e. The maximum atomic E-state index is 11.9. The van der Waals surface area contributed by atoms with Crippen molar-refractivity contribution in [3.05, 3.63) is 42.2 Å². The number of nitrogens with one attached hydrogen (secondary N) is 2. The van der Waals surface area contributed by atoms with Crippen LogP contribution in [0.15, 0.2) is 36.7 Å². The third-order valence-electron chi connectivity index (χ3n) is 4.88. The van der Waals surface area contributed by atoms with Crippen molar-refractivity contribution in [3.63, 3.8) is 0 Å². The average molecular weight is 379 g/mol. The SMILES string of the molecule is CCNc1nc(NCc2ccccc2)c2ncn(CCN3CCCC3=O)c2n1. The van der Waals surface area contributed by atoms with Crippen molar-refractivity contribution >= 4 is 28.8 Å². The molecule has 1 amide bonds. The zero-order valence-corrected chi connectivity index (χ0v) is 16.1. The molecule has 1 fully saturated rings. The first-order valence-electron chi connectivity index (χ1n) is 9.77. The lowest BCUT2D eigenvalue weighted by Crippen LogP contribution is -2.28. The van der Waals surface area contributed by atoms with E-state index in [0.717, 1.165) is 30.7 Å². The van der Waals surface area contributed by atoms with Crippen molar-refractivity contribution in [2.45, 2.75) is 32.9 Å². The van der Waals surface area contributed by atoms with E-state index in [0.29, 0.717) is 37.8 Å². The van der Waals surface area contributed by atoms with Gasteiger partial charge in [-0.3, -0.25) is 4.79 Å². The Morgan fingerprint density at radius 3 is 2.71 bits per heavy atom. The second kappa shape index (κ2) is 8.24. The topological polar surface area (TPSA) is 88.0 Å². The molecule has 0 aliphatic carbocycles. The first-order valence-corrected chi connectivity index (χ1v) is 9.77. The molecule has 146 valence electrons. The number of hydrogen-bond acceptors (Lipinski definition) is 6. The van der Waals surface area contributed by atoms with Gasteiger partial charge in [0.2, 0.25) is 11.9 Å². The van der Waals surface area contributed by atoms with Crippen LogP contribution in [0.5, 0.6) is 0 Å². The minimum Gasteiger partial charge on any atom is -0.364 e. The zero-order valence-electron chi connectivity index (χ0n) is 16.1. The highest BCUT2D eigenvalue weighted by Gasteiger charge is 2.20. The van der Waals surface area contributed by atoms with Crippen molar-refractivity contribution < 1.29 is 4.79 Å². The van der Waals surface area contributed by atoms with Crippen molar-refractivity contribution in [1.29, 1.82) is 0 Å². The normalized spacial score (nSPS) is 14.0. The van der Waals surface area contributed by atoms with Gasteiger partial charge in [0, 0.05) is 39.1 Å². The van der Waals surface area contributed by atoms with Gasteiger partial charge < -0.3 is 20.1 Å². The number of benzene rings is 1. The highest BCUT2D eigenvalue weighted by atomic mass is 16.2. The number of aromatic nitrogens is 4. The van der Waals surface area contributed by atoms with Crippen LogP contribution in [0.1, 0.15) is 25.3 Å². The molecule has 0 unspecified atom stereocenters. The van der Waals surface area contributed by atoms with Gasteiger partial charge in [-0.15, -0.1) is 0 Å². The van der Waals surface area contributed by atoms with Crippen LogP contribution in [0.3, 0.4) is 0 Å². The Kier molecular flexibility index (Phi) is 5.36. The molecule has 2 aromatic heterocycles. The van der Waals surface area contributed by atoms with Crippen LogP contribution >= 0.6 is 0 Å².